The van der Waals surface area contributed by atoms with Crippen molar-refractivity contribution in [3.05, 3.63) is 34.6 Å². The Kier molecular flexibility index (Phi) is 5.90. The van der Waals surface area contributed by atoms with Crippen molar-refractivity contribution < 1.29 is 9.53 Å². The number of nitrogens with zero attached hydrogens (tertiary/aromatic N) is 3. The summed E-state index contributed by atoms with van der Waals surface area (Å²) in [4.78, 5) is 10.9. The van der Waals surface area contributed by atoms with Gasteiger partial charge in [0.2, 0.25) is 5.91 Å². The summed E-state index contributed by atoms with van der Waals surface area (Å²) >= 11 is 7.29. The van der Waals surface area contributed by atoms with Crippen molar-refractivity contribution in [2.45, 2.75) is 38.6 Å². The third-order valence-electron chi connectivity index (χ3n) is 3.21. The number of thioether (sulfide) groups is 1. The molecule has 2 rings (SSSR count). The Bertz CT molecular complexity index is 705. The zero-order valence-electron chi connectivity index (χ0n) is 13.2. The van der Waals surface area contributed by atoms with E-state index in [4.69, 9.17) is 22.1 Å². The first-order valence-electron chi connectivity index (χ1n) is 7.19. The molecule has 0 fully saturated rings. The topological polar surface area (TPSA) is 83.0 Å². The van der Waals surface area contributed by atoms with Gasteiger partial charge in [-0.15, -0.1) is 10.2 Å². The first-order valence-corrected chi connectivity index (χ1v) is 8.55. The van der Waals surface area contributed by atoms with Crippen LogP contribution >= 0.6 is 23.4 Å². The number of hydrogen-bond donors (Lipinski definition) is 1. The number of hydrogen-bond acceptors (Lipinski definition) is 5. The molecule has 0 aliphatic heterocycles. The molecular weight excluding hydrogens is 336 g/mol. The number of carbonyl (C=O) groups excluding carboxylic acids is 1. The molecule has 1 unspecified atom stereocenters. The van der Waals surface area contributed by atoms with E-state index in [0.717, 1.165) is 11.3 Å². The highest BCUT2D eigenvalue weighted by molar-refractivity contribution is 7.99. The van der Waals surface area contributed by atoms with Crippen molar-refractivity contribution in [1.29, 1.82) is 0 Å². The van der Waals surface area contributed by atoms with E-state index in [-0.39, 0.29) is 17.8 Å². The molecule has 2 aromatic rings. The summed E-state index contributed by atoms with van der Waals surface area (Å²) in [5.74, 6) is 1.20. The quantitative estimate of drug-likeness (QED) is 0.773. The van der Waals surface area contributed by atoms with Gasteiger partial charge in [0.1, 0.15) is 5.75 Å². The van der Waals surface area contributed by atoms with E-state index in [9.17, 15) is 4.79 Å². The predicted molar refractivity (Wildman–Crippen MR) is 90.8 cm³/mol. The molecule has 0 spiro atoms. The number of aromatic nitrogens is 3. The van der Waals surface area contributed by atoms with E-state index in [0.29, 0.717) is 22.5 Å². The molecule has 23 heavy (non-hydrogen) atoms. The normalized spacial score (nSPS) is 12.2. The molecule has 1 heterocycles. The van der Waals surface area contributed by atoms with Crippen LogP contribution in [0, 0.1) is 6.92 Å². The minimum Gasteiger partial charge on any atom is -0.483 e. The second kappa shape index (κ2) is 7.70. The largest absolute Gasteiger partial charge is 0.483 e. The summed E-state index contributed by atoms with van der Waals surface area (Å²) in [7, 11) is 0. The van der Waals surface area contributed by atoms with Crippen molar-refractivity contribution in [2.75, 3.05) is 5.75 Å². The van der Waals surface area contributed by atoms with Crippen LogP contribution in [-0.4, -0.2) is 26.4 Å². The number of nitrogens with two attached hydrogens (primary N) is 1. The molecule has 0 saturated heterocycles. The van der Waals surface area contributed by atoms with Gasteiger partial charge in [-0.1, -0.05) is 23.4 Å². The second-order valence-electron chi connectivity index (χ2n) is 5.01. The van der Waals surface area contributed by atoms with Crippen molar-refractivity contribution in [2.24, 2.45) is 5.73 Å². The average Bonchev–Trinajstić information content (AvgIpc) is 2.91. The maximum atomic E-state index is 10.9. The molecule has 6 nitrogen and oxygen atoms in total. The maximum absolute atomic E-state index is 10.9. The van der Waals surface area contributed by atoms with Crippen molar-refractivity contribution >= 4 is 29.3 Å². The second-order valence-corrected chi connectivity index (χ2v) is 6.36. The molecular formula is C15H19ClN4O2S. The van der Waals surface area contributed by atoms with Gasteiger partial charge in [0.25, 0.3) is 0 Å². The van der Waals surface area contributed by atoms with Crippen molar-refractivity contribution in [3.63, 3.8) is 0 Å². The van der Waals surface area contributed by atoms with Gasteiger partial charge in [0.15, 0.2) is 17.1 Å². The van der Waals surface area contributed by atoms with E-state index in [1.54, 1.807) is 6.07 Å². The van der Waals surface area contributed by atoms with Gasteiger partial charge in [0, 0.05) is 11.6 Å². The van der Waals surface area contributed by atoms with Crippen LogP contribution < -0.4 is 10.5 Å². The number of ether oxygens (including phenoxy) is 1. The third-order valence-corrected chi connectivity index (χ3v) is 4.62. The van der Waals surface area contributed by atoms with Crippen LogP contribution in [0.2, 0.25) is 5.02 Å². The van der Waals surface area contributed by atoms with E-state index in [1.807, 2.05) is 37.5 Å². The summed E-state index contributed by atoms with van der Waals surface area (Å²) < 4.78 is 7.85. The van der Waals surface area contributed by atoms with Crippen LogP contribution in [0.15, 0.2) is 23.4 Å². The van der Waals surface area contributed by atoms with E-state index in [2.05, 4.69) is 10.2 Å². The monoisotopic (exact) mass is 354 g/mol. The highest BCUT2D eigenvalue weighted by atomic mass is 35.5. The van der Waals surface area contributed by atoms with Gasteiger partial charge >= 0.3 is 0 Å². The van der Waals surface area contributed by atoms with Gasteiger partial charge in [-0.3, -0.25) is 4.79 Å². The number of aryl methyl sites for hydroxylation is 1. The molecule has 0 saturated carbocycles. The fourth-order valence-electron chi connectivity index (χ4n) is 2.09. The Morgan fingerprint density at radius 3 is 2.83 bits per heavy atom. The van der Waals surface area contributed by atoms with E-state index in [1.165, 1.54) is 11.8 Å². The molecule has 8 heteroatoms. The highest BCUT2D eigenvalue weighted by Gasteiger charge is 2.19. The molecule has 1 aromatic heterocycles. The van der Waals surface area contributed by atoms with E-state index >= 15 is 0 Å². The summed E-state index contributed by atoms with van der Waals surface area (Å²) in [6.45, 7) is 6.49. The molecule has 0 bridgehead atoms. The number of carbonyl (C=O) groups is 1. The maximum Gasteiger partial charge on any atom is 0.227 e. The molecule has 1 atom stereocenters. The zero-order chi connectivity index (χ0) is 17.0. The lowest BCUT2D eigenvalue weighted by atomic mass is 10.2. The van der Waals surface area contributed by atoms with Gasteiger partial charge in [-0.05, 0) is 44.5 Å². The van der Waals surface area contributed by atoms with Crippen molar-refractivity contribution in [1.82, 2.24) is 14.8 Å². The smallest absolute Gasteiger partial charge is 0.227 e. The lowest BCUT2D eigenvalue weighted by Crippen LogP contribution is -2.15. The lowest BCUT2D eigenvalue weighted by molar-refractivity contribution is -0.115. The Hall–Kier alpha value is -1.73. The minimum atomic E-state index is -0.386. The van der Waals surface area contributed by atoms with Crippen molar-refractivity contribution in [3.8, 4) is 5.75 Å². The minimum absolute atomic E-state index is 0.170. The van der Waals surface area contributed by atoms with Crippen LogP contribution in [0.1, 0.15) is 31.3 Å². The molecule has 1 amide bonds. The first kappa shape index (κ1) is 17.6. The van der Waals surface area contributed by atoms with Crippen LogP contribution in [-0.2, 0) is 11.3 Å². The van der Waals surface area contributed by atoms with Crippen LogP contribution in [0.25, 0.3) is 0 Å². The zero-order valence-corrected chi connectivity index (χ0v) is 14.8. The van der Waals surface area contributed by atoms with Crippen LogP contribution in [0.4, 0.5) is 0 Å². The molecule has 0 aliphatic rings. The molecule has 0 radical (unpaired) electrons. The number of rotatable bonds is 7. The summed E-state index contributed by atoms with van der Waals surface area (Å²) in [5, 5.41) is 9.67. The van der Waals surface area contributed by atoms with Crippen LogP contribution in [0.3, 0.4) is 0 Å². The third kappa shape index (κ3) is 4.39. The predicted octanol–water partition coefficient (Wildman–Crippen LogP) is 2.98. The highest BCUT2D eigenvalue weighted by Crippen LogP contribution is 2.27. The fraction of sp³-hybridized carbons (Fsp3) is 0.400. The Balaban J connectivity index is 2.16. The van der Waals surface area contributed by atoms with E-state index < -0.39 is 0 Å². The lowest BCUT2D eigenvalue weighted by Gasteiger charge is -2.16. The van der Waals surface area contributed by atoms with Crippen LogP contribution in [0.5, 0.6) is 5.75 Å². The Morgan fingerprint density at radius 1 is 1.48 bits per heavy atom. The van der Waals surface area contributed by atoms with Gasteiger partial charge in [-0.25, -0.2) is 0 Å². The summed E-state index contributed by atoms with van der Waals surface area (Å²) in [5.41, 5.74) is 6.12. The first-order chi connectivity index (χ1) is 10.9. The van der Waals surface area contributed by atoms with Gasteiger partial charge in [0.05, 0.1) is 5.75 Å². The molecule has 1 aromatic carbocycles. The summed E-state index contributed by atoms with van der Waals surface area (Å²) in [6, 6.07) is 5.51. The average molecular weight is 355 g/mol. The standard InChI is InChI=1S/C15H19ClN4O2S/c1-4-20-14(18-19-15(20)23-8-13(17)21)10(3)22-11-5-6-12(16)9(2)7-11/h5-7,10H,4,8H2,1-3H3,(H2,17,21). The molecule has 2 N–H and O–H groups in total. The molecule has 124 valence electrons. The number of primary amides is 1. The Labute approximate surface area is 144 Å². The number of benzene rings is 1. The van der Waals surface area contributed by atoms with Gasteiger partial charge in [-0.2, -0.15) is 0 Å². The Morgan fingerprint density at radius 2 is 2.22 bits per heavy atom. The van der Waals surface area contributed by atoms with Gasteiger partial charge < -0.3 is 15.0 Å². The fourth-order valence-corrected chi connectivity index (χ4v) is 2.95. The summed E-state index contributed by atoms with van der Waals surface area (Å²) in [6.07, 6.45) is -0.286. The number of halogens is 1. The molecule has 0 aliphatic carbocycles. The SMILES string of the molecule is CCn1c(SCC(N)=O)nnc1C(C)Oc1ccc(Cl)c(C)c1. The number of amides is 1.